The van der Waals surface area contributed by atoms with Crippen molar-refractivity contribution >= 4 is 5.69 Å². The third kappa shape index (κ3) is 2.03. The van der Waals surface area contributed by atoms with Gasteiger partial charge in [0.2, 0.25) is 0 Å². The lowest BCUT2D eigenvalue weighted by Gasteiger charge is -2.30. The second kappa shape index (κ2) is 3.96. The van der Waals surface area contributed by atoms with Crippen molar-refractivity contribution in [2.45, 2.75) is 18.4 Å². The van der Waals surface area contributed by atoms with E-state index in [0.717, 1.165) is 44.6 Å². The van der Waals surface area contributed by atoms with Crippen LogP contribution in [-0.2, 0) is 5.60 Å². The summed E-state index contributed by atoms with van der Waals surface area (Å²) in [4.78, 5) is 2.04. The number of benzene rings is 1. The third-order valence-electron chi connectivity index (χ3n) is 3.66. The van der Waals surface area contributed by atoms with Gasteiger partial charge in [-0.1, -0.05) is 6.07 Å². The van der Waals surface area contributed by atoms with E-state index in [1.807, 2.05) is 11.0 Å². The van der Waals surface area contributed by atoms with Crippen LogP contribution in [0.4, 0.5) is 10.1 Å². The molecule has 2 fully saturated rings. The van der Waals surface area contributed by atoms with Crippen molar-refractivity contribution < 1.29 is 9.50 Å². The van der Waals surface area contributed by atoms with E-state index in [4.69, 9.17) is 0 Å². The number of nitrogens with one attached hydrogen (secondary N) is 1. The molecule has 4 heteroatoms. The Bertz CT molecular complexity index is 425. The van der Waals surface area contributed by atoms with E-state index in [1.165, 1.54) is 6.07 Å². The lowest BCUT2D eigenvalue weighted by atomic mass is 10.1. The fraction of sp³-hybridized carbons (Fsp3) is 0.538. The van der Waals surface area contributed by atoms with Crippen molar-refractivity contribution in [3.8, 4) is 0 Å². The van der Waals surface area contributed by atoms with E-state index < -0.39 is 5.60 Å². The van der Waals surface area contributed by atoms with Crippen LogP contribution in [0, 0.1) is 5.82 Å². The summed E-state index contributed by atoms with van der Waals surface area (Å²) < 4.78 is 13.8. The monoisotopic (exact) mass is 236 g/mol. The Kier molecular flexibility index (Phi) is 2.56. The molecular formula is C13H17FN2O. The van der Waals surface area contributed by atoms with E-state index in [9.17, 15) is 9.50 Å². The molecule has 0 amide bonds. The average Bonchev–Trinajstić information content (AvgIpc) is 3.10. The molecule has 1 aromatic rings. The van der Waals surface area contributed by atoms with Gasteiger partial charge >= 0.3 is 0 Å². The first-order valence-electron chi connectivity index (χ1n) is 6.17. The molecule has 0 spiro atoms. The highest BCUT2D eigenvalue weighted by Gasteiger charge is 2.42. The van der Waals surface area contributed by atoms with Crippen molar-refractivity contribution in [2.24, 2.45) is 0 Å². The lowest BCUT2D eigenvalue weighted by molar-refractivity contribution is 0.151. The Morgan fingerprint density at radius 3 is 2.59 bits per heavy atom. The Balaban J connectivity index is 1.91. The fourth-order valence-corrected chi connectivity index (χ4v) is 2.36. The fourth-order valence-electron chi connectivity index (χ4n) is 2.36. The molecule has 0 atom stereocenters. The highest BCUT2D eigenvalue weighted by Crippen LogP contribution is 2.46. The van der Waals surface area contributed by atoms with E-state index in [1.54, 1.807) is 6.07 Å². The van der Waals surface area contributed by atoms with Gasteiger partial charge in [-0.2, -0.15) is 0 Å². The molecular weight excluding hydrogens is 219 g/mol. The van der Waals surface area contributed by atoms with Crippen LogP contribution in [0.15, 0.2) is 18.2 Å². The molecule has 2 N–H and O–H groups in total. The van der Waals surface area contributed by atoms with Crippen LogP contribution in [0.3, 0.4) is 0 Å². The maximum absolute atomic E-state index is 13.8. The minimum atomic E-state index is -0.684. The van der Waals surface area contributed by atoms with Crippen molar-refractivity contribution in [1.82, 2.24) is 5.32 Å². The molecule has 0 radical (unpaired) electrons. The van der Waals surface area contributed by atoms with Crippen LogP contribution in [-0.4, -0.2) is 31.3 Å². The van der Waals surface area contributed by atoms with E-state index >= 15 is 0 Å². The smallest absolute Gasteiger partial charge is 0.146 e. The van der Waals surface area contributed by atoms with Gasteiger partial charge in [0.25, 0.3) is 0 Å². The Morgan fingerprint density at radius 2 is 1.94 bits per heavy atom. The van der Waals surface area contributed by atoms with Gasteiger partial charge in [-0.25, -0.2) is 4.39 Å². The first-order valence-corrected chi connectivity index (χ1v) is 6.17. The number of hydrogen-bond donors (Lipinski definition) is 2. The van der Waals surface area contributed by atoms with Gasteiger partial charge in [0.05, 0.1) is 11.3 Å². The molecule has 1 heterocycles. The number of anilines is 1. The summed E-state index contributed by atoms with van der Waals surface area (Å²) in [5, 5.41) is 13.3. The quantitative estimate of drug-likeness (QED) is 0.810. The molecule has 1 aliphatic carbocycles. The molecule has 2 aliphatic rings. The minimum absolute atomic E-state index is 0.195. The molecule has 1 aromatic carbocycles. The van der Waals surface area contributed by atoms with Gasteiger partial charge in [-0.15, -0.1) is 0 Å². The number of nitrogens with zero attached hydrogens (tertiary/aromatic N) is 1. The number of piperazine rings is 1. The first-order chi connectivity index (χ1) is 8.19. The van der Waals surface area contributed by atoms with Gasteiger partial charge < -0.3 is 15.3 Å². The van der Waals surface area contributed by atoms with E-state index in [2.05, 4.69) is 5.32 Å². The lowest BCUT2D eigenvalue weighted by Crippen LogP contribution is -2.44. The number of rotatable bonds is 2. The molecule has 1 saturated carbocycles. The first kappa shape index (κ1) is 11.0. The van der Waals surface area contributed by atoms with Gasteiger partial charge in [0, 0.05) is 26.2 Å². The van der Waals surface area contributed by atoms with Crippen LogP contribution in [0.1, 0.15) is 18.4 Å². The predicted octanol–water partition coefficient (Wildman–Crippen LogP) is 1.22. The summed E-state index contributed by atoms with van der Waals surface area (Å²) in [5.41, 5.74) is 0.799. The summed E-state index contributed by atoms with van der Waals surface area (Å²) in [6.07, 6.45) is 1.58. The molecule has 0 bridgehead atoms. The molecule has 3 nitrogen and oxygen atoms in total. The molecule has 0 aromatic heterocycles. The van der Waals surface area contributed by atoms with Gasteiger partial charge in [-0.05, 0) is 30.5 Å². The number of halogens is 1. The predicted molar refractivity (Wildman–Crippen MR) is 64.6 cm³/mol. The Hall–Kier alpha value is -1.13. The normalized spacial score (nSPS) is 22.6. The maximum atomic E-state index is 13.8. The summed E-state index contributed by atoms with van der Waals surface area (Å²) in [7, 11) is 0. The topological polar surface area (TPSA) is 35.5 Å². The number of hydrogen-bond acceptors (Lipinski definition) is 3. The van der Waals surface area contributed by atoms with E-state index in [0.29, 0.717) is 5.69 Å². The van der Waals surface area contributed by atoms with Crippen LogP contribution in [0.2, 0.25) is 0 Å². The molecule has 3 rings (SSSR count). The molecule has 1 aliphatic heterocycles. The second-order valence-electron chi connectivity index (χ2n) is 4.93. The zero-order valence-corrected chi connectivity index (χ0v) is 9.75. The summed E-state index contributed by atoms with van der Waals surface area (Å²) >= 11 is 0. The van der Waals surface area contributed by atoms with Crippen molar-refractivity contribution in [2.75, 3.05) is 31.1 Å². The SMILES string of the molecule is OC1(c2ccc(F)c(N3CCNCC3)c2)CC1. The van der Waals surface area contributed by atoms with Crippen molar-refractivity contribution in [3.63, 3.8) is 0 Å². The highest BCUT2D eigenvalue weighted by molar-refractivity contribution is 5.52. The van der Waals surface area contributed by atoms with Crippen LogP contribution < -0.4 is 10.2 Å². The van der Waals surface area contributed by atoms with Gasteiger partial charge in [0.1, 0.15) is 5.82 Å². The molecule has 17 heavy (non-hydrogen) atoms. The third-order valence-corrected chi connectivity index (χ3v) is 3.66. The van der Waals surface area contributed by atoms with Crippen molar-refractivity contribution in [1.29, 1.82) is 0 Å². The summed E-state index contributed by atoms with van der Waals surface area (Å²) in [6, 6.07) is 4.99. The minimum Gasteiger partial charge on any atom is -0.385 e. The maximum Gasteiger partial charge on any atom is 0.146 e. The zero-order valence-electron chi connectivity index (χ0n) is 9.75. The summed E-state index contributed by atoms with van der Waals surface area (Å²) in [5.74, 6) is -0.195. The van der Waals surface area contributed by atoms with Crippen LogP contribution in [0.25, 0.3) is 0 Å². The Labute approximate surface area is 100 Å². The van der Waals surface area contributed by atoms with E-state index in [-0.39, 0.29) is 5.82 Å². The average molecular weight is 236 g/mol. The van der Waals surface area contributed by atoms with Gasteiger partial charge in [-0.3, -0.25) is 0 Å². The Morgan fingerprint density at radius 1 is 1.24 bits per heavy atom. The zero-order chi connectivity index (χ0) is 11.9. The summed E-state index contributed by atoms with van der Waals surface area (Å²) in [6.45, 7) is 3.40. The van der Waals surface area contributed by atoms with Gasteiger partial charge in [0.15, 0.2) is 0 Å². The standard InChI is InChI=1S/C13H17FN2O/c14-11-2-1-10(13(17)3-4-13)9-12(11)16-7-5-15-6-8-16/h1-2,9,15,17H,3-8H2. The van der Waals surface area contributed by atoms with Crippen LogP contribution in [0.5, 0.6) is 0 Å². The highest BCUT2D eigenvalue weighted by atomic mass is 19.1. The van der Waals surface area contributed by atoms with Crippen LogP contribution >= 0.6 is 0 Å². The molecule has 92 valence electrons. The number of aliphatic hydroxyl groups is 1. The second-order valence-corrected chi connectivity index (χ2v) is 4.93. The van der Waals surface area contributed by atoms with Crippen molar-refractivity contribution in [3.05, 3.63) is 29.6 Å². The molecule has 1 saturated heterocycles. The molecule has 0 unspecified atom stereocenters. The largest absolute Gasteiger partial charge is 0.385 e.